The molecule has 11 heteroatoms. The highest BCUT2D eigenvalue weighted by Crippen LogP contribution is 2.41. The topological polar surface area (TPSA) is 138 Å². The van der Waals surface area contributed by atoms with Crippen LogP contribution in [0.5, 0.6) is 11.5 Å². The van der Waals surface area contributed by atoms with E-state index >= 15 is 0 Å². The Morgan fingerprint density at radius 1 is 1.00 bits per heavy atom. The number of ether oxygens (including phenoxy) is 1. The number of fused-ring (bicyclic) bond motifs is 1. The third kappa shape index (κ3) is 5.62. The van der Waals surface area contributed by atoms with Gasteiger partial charge in [-0.05, 0) is 49.1 Å². The number of azo groups is 1. The molecule has 0 unspecified atom stereocenters. The van der Waals surface area contributed by atoms with Crippen molar-refractivity contribution in [3.05, 3.63) is 82.9 Å². The molecule has 0 aliphatic rings. The molecular formula is C27H24ClN3O6S. The smallest absolute Gasteiger partial charge is 0.294 e. The van der Waals surface area contributed by atoms with E-state index in [4.69, 9.17) is 16.3 Å². The predicted molar refractivity (Wildman–Crippen MR) is 146 cm³/mol. The fraction of sp³-hybridized carbons (Fsp3) is 0.148. The molecule has 0 fully saturated rings. The standard InChI is InChI=1S/C27H24ClN3O6S/c1-3-19-23(38(34,35)36)13-12-22(28)24(19)30-31-25-20-11-6-5-8-16(20)14-21(26(25)32)27(33)29-17-9-7-10-18(15-17)37-4-2/h5-15,32H,3-4H2,1-2H3,(H,29,33)(H,34,35,36). The Balaban J connectivity index is 1.81. The second kappa shape index (κ2) is 11.2. The Morgan fingerprint density at radius 2 is 1.74 bits per heavy atom. The Kier molecular flexibility index (Phi) is 7.96. The predicted octanol–water partition coefficient (Wildman–Crippen LogP) is 7.07. The number of nitrogens with one attached hydrogen (secondary N) is 1. The van der Waals surface area contributed by atoms with Crippen molar-refractivity contribution in [3.63, 3.8) is 0 Å². The van der Waals surface area contributed by atoms with Crippen LogP contribution >= 0.6 is 11.6 Å². The van der Waals surface area contributed by atoms with E-state index in [0.29, 0.717) is 28.8 Å². The molecule has 4 aromatic rings. The Hall–Kier alpha value is -3.99. The molecular weight excluding hydrogens is 530 g/mol. The summed E-state index contributed by atoms with van der Waals surface area (Å²) in [5, 5.41) is 23.4. The minimum atomic E-state index is -4.54. The first-order valence-corrected chi connectivity index (χ1v) is 13.4. The molecule has 0 heterocycles. The molecule has 0 aliphatic heterocycles. The van der Waals surface area contributed by atoms with Gasteiger partial charge in [0.2, 0.25) is 0 Å². The highest BCUT2D eigenvalue weighted by Gasteiger charge is 2.21. The van der Waals surface area contributed by atoms with Crippen molar-refractivity contribution >= 4 is 55.5 Å². The zero-order chi connectivity index (χ0) is 27.4. The van der Waals surface area contributed by atoms with E-state index < -0.39 is 21.8 Å². The maximum atomic E-state index is 13.2. The number of halogens is 1. The molecule has 0 saturated heterocycles. The summed E-state index contributed by atoms with van der Waals surface area (Å²) in [6.45, 7) is 4.00. The highest BCUT2D eigenvalue weighted by molar-refractivity contribution is 7.85. The van der Waals surface area contributed by atoms with Crippen molar-refractivity contribution in [2.75, 3.05) is 11.9 Å². The Morgan fingerprint density at radius 3 is 2.45 bits per heavy atom. The van der Waals surface area contributed by atoms with Gasteiger partial charge in [0.05, 0.1) is 22.1 Å². The monoisotopic (exact) mass is 553 g/mol. The molecule has 9 nitrogen and oxygen atoms in total. The Bertz CT molecular complexity index is 1670. The molecule has 4 rings (SSSR count). The number of amides is 1. The normalized spacial score (nSPS) is 11.7. The van der Waals surface area contributed by atoms with Crippen LogP contribution in [0, 0.1) is 0 Å². The van der Waals surface area contributed by atoms with Crippen LogP contribution in [0.15, 0.2) is 81.9 Å². The first-order chi connectivity index (χ1) is 18.1. The van der Waals surface area contributed by atoms with Crippen LogP contribution in [0.4, 0.5) is 17.1 Å². The fourth-order valence-electron chi connectivity index (χ4n) is 4.00. The summed E-state index contributed by atoms with van der Waals surface area (Å²) in [5.74, 6) is -0.428. The number of phenolic OH excluding ortho intramolecular Hbond substituents is 1. The third-order valence-electron chi connectivity index (χ3n) is 5.71. The molecule has 0 aliphatic carbocycles. The van der Waals surface area contributed by atoms with Crippen molar-refractivity contribution in [3.8, 4) is 11.5 Å². The van der Waals surface area contributed by atoms with Gasteiger partial charge in [-0.1, -0.05) is 48.9 Å². The molecule has 1 amide bonds. The van der Waals surface area contributed by atoms with Crippen LogP contribution in [0.3, 0.4) is 0 Å². The quantitative estimate of drug-likeness (QED) is 0.157. The number of anilines is 1. The highest BCUT2D eigenvalue weighted by atomic mass is 35.5. The van der Waals surface area contributed by atoms with Crippen molar-refractivity contribution < 1.29 is 27.6 Å². The third-order valence-corrected chi connectivity index (χ3v) is 6.96. The molecule has 38 heavy (non-hydrogen) atoms. The lowest BCUT2D eigenvalue weighted by atomic mass is 10.0. The second-order valence-corrected chi connectivity index (χ2v) is 9.96. The number of benzene rings is 4. The van der Waals surface area contributed by atoms with Crippen molar-refractivity contribution in [1.82, 2.24) is 0 Å². The number of carbonyl (C=O) groups excluding carboxylic acids is 1. The van der Waals surface area contributed by atoms with E-state index in [9.17, 15) is 22.9 Å². The minimum absolute atomic E-state index is 0.00769. The number of carbonyl (C=O) groups is 1. The first-order valence-electron chi connectivity index (χ1n) is 11.6. The van der Waals surface area contributed by atoms with Crippen molar-refractivity contribution in [2.45, 2.75) is 25.2 Å². The van der Waals surface area contributed by atoms with E-state index in [0.717, 1.165) is 0 Å². The van der Waals surface area contributed by atoms with Crippen LogP contribution < -0.4 is 10.1 Å². The van der Waals surface area contributed by atoms with Gasteiger partial charge in [-0.3, -0.25) is 9.35 Å². The first kappa shape index (κ1) is 27.1. The van der Waals surface area contributed by atoms with Gasteiger partial charge in [0.25, 0.3) is 16.0 Å². The average molecular weight is 554 g/mol. The van der Waals surface area contributed by atoms with Crippen molar-refractivity contribution in [2.24, 2.45) is 10.2 Å². The summed E-state index contributed by atoms with van der Waals surface area (Å²) in [6, 6.07) is 17.8. The lowest BCUT2D eigenvalue weighted by Crippen LogP contribution is -2.12. The summed E-state index contributed by atoms with van der Waals surface area (Å²) >= 11 is 6.29. The van der Waals surface area contributed by atoms with Crippen LogP contribution in [0.1, 0.15) is 29.8 Å². The maximum Gasteiger partial charge on any atom is 0.294 e. The van der Waals surface area contributed by atoms with E-state index in [2.05, 4.69) is 15.5 Å². The van der Waals surface area contributed by atoms with Crippen LogP contribution in [-0.4, -0.2) is 30.6 Å². The van der Waals surface area contributed by atoms with E-state index in [1.807, 2.05) is 6.92 Å². The number of aromatic hydroxyl groups is 1. The van der Waals surface area contributed by atoms with Gasteiger partial charge in [0.1, 0.15) is 17.1 Å². The molecule has 0 saturated carbocycles. The number of hydrogen-bond acceptors (Lipinski definition) is 7. The van der Waals surface area contributed by atoms with E-state index in [1.165, 1.54) is 18.2 Å². The molecule has 0 radical (unpaired) electrons. The number of phenols is 1. The van der Waals surface area contributed by atoms with E-state index in [-0.39, 0.29) is 38.8 Å². The molecule has 3 N–H and O–H groups in total. The maximum absolute atomic E-state index is 13.2. The van der Waals surface area contributed by atoms with Crippen LogP contribution in [0.2, 0.25) is 5.02 Å². The Labute approximate surface area is 224 Å². The largest absolute Gasteiger partial charge is 0.505 e. The molecule has 0 aromatic heterocycles. The van der Waals surface area contributed by atoms with Crippen LogP contribution in [0.25, 0.3) is 10.8 Å². The van der Waals surface area contributed by atoms with Gasteiger partial charge in [0.15, 0.2) is 5.75 Å². The number of hydrogen-bond donors (Lipinski definition) is 3. The number of rotatable bonds is 8. The summed E-state index contributed by atoms with van der Waals surface area (Å²) in [7, 11) is -4.54. The van der Waals surface area contributed by atoms with Gasteiger partial charge in [0, 0.05) is 22.7 Å². The summed E-state index contributed by atoms with van der Waals surface area (Å²) in [5.41, 5.74) is 0.601. The van der Waals surface area contributed by atoms with E-state index in [1.54, 1.807) is 55.5 Å². The van der Waals surface area contributed by atoms with Gasteiger partial charge in [-0.2, -0.15) is 8.42 Å². The summed E-state index contributed by atoms with van der Waals surface area (Å²) < 4.78 is 38.8. The summed E-state index contributed by atoms with van der Waals surface area (Å²) in [6.07, 6.45) is 0.181. The van der Waals surface area contributed by atoms with Gasteiger partial charge < -0.3 is 15.2 Å². The fourth-order valence-corrected chi connectivity index (χ4v) is 5.01. The van der Waals surface area contributed by atoms with Gasteiger partial charge in [-0.25, -0.2) is 0 Å². The zero-order valence-electron chi connectivity index (χ0n) is 20.5. The summed E-state index contributed by atoms with van der Waals surface area (Å²) in [4.78, 5) is 12.8. The molecule has 0 bridgehead atoms. The molecule has 196 valence electrons. The zero-order valence-corrected chi connectivity index (χ0v) is 22.0. The molecule has 0 atom stereocenters. The minimum Gasteiger partial charge on any atom is -0.505 e. The van der Waals surface area contributed by atoms with Crippen molar-refractivity contribution in [1.29, 1.82) is 0 Å². The van der Waals surface area contributed by atoms with Crippen LogP contribution in [-0.2, 0) is 16.5 Å². The lowest BCUT2D eigenvalue weighted by Gasteiger charge is -2.13. The molecule has 0 spiro atoms. The lowest BCUT2D eigenvalue weighted by molar-refractivity contribution is 0.102. The average Bonchev–Trinajstić information content (AvgIpc) is 2.88. The SMILES string of the molecule is CCOc1cccc(NC(=O)c2cc3ccccc3c(N=Nc3c(Cl)ccc(S(=O)(=O)O)c3CC)c2O)c1. The van der Waals surface area contributed by atoms with Gasteiger partial charge >= 0.3 is 0 Å². The van der Waals surface area contributed by atoms with Gasteiger partial charge in [-0.15, -0.1) is 10.2 Å². The second-order valence-electron chi connectivity index (χ2n) is 8.16. The number of nitrogens with zero attached hydrogens (tertiary/aromatic N) is 2. The molecule has 4 aromatic carbocycles.